The van der Waals surface area contributed by atoms with E-state index in [9.17, 15) is 0 Å². The van der Waals surface area contributed by atoms with Crippen molar-refractivity contribution in [2.24, 2.45) is 5.92 Å². The minimum Gasteiger partial charge on any atom is -0.314 e. The summed E-state index contributed by atoms with van der Waals surface area (Å²) in [6, 6.07) is 3.02. The van der Waals surface area contributed by atoms with Crippen molar-refractivity contribution in [1.82, 2.24) is 15.2 Å². The number of aryl methyl sites for hydroxylation is 1. The molecule has 2 fully saturated rings. The van der Waals surface area contributed by atoms with Gasteiger partial charge in [-0.3, -0.25) is 9.88 Å². The van der Waals surface area contributed by atoms with Crippen LogP contribution in [0.2, 0.25) is 0 Å². The molecule has 1 atom stereocenters. The Hall–Kier alpha value is -0.930. The molecule has 2 heterocycles. The normalized spacial score (nSPS) is 26.1. The van der Waals surface area contributed by atoms with E-state index in [0.717, 1.165) is 25.0 Å². The Morgan fingerprint density at radius 1 is 1.41 bits per heavy atom. The molecular weight excluding hydrogens is 210 g/mol. The van der Waals surface area contributed by atoms with Crippen molar-refractivity contribution in [3.8, 4) is 0 Å². The van der Waals surface area contributed by atoms with E-state index in [2.05, 4.69) is 28.2 Å². The first-order valence-electron chi connectivity index (χ1n) is 6.68. The molecule has 3 nitrogen and oxygen atoms in total. The fraction of sp³-hybridized carbons (Fsp3) is 0.643. The van der Waals surface area contributed by atoms with Crippen molar-refractivity contribution in [2.45, 2.75) is 32.4 Å². The van der Waals surface area contributed by atoms with Crippen LogP contribution < -0.4 is 5.32 Å². The molecule has 92 valence electrons. The predicted octanol–water partition coefficient (Wildman–Crippen LogP) is 1.57. The maximum Gasteiger partial charge on any atom is 0.0313 e. The highest BCUT2D eigenvalue weighted by molar-refractivity contribution is 5.16. The zero-order chi connectivity index (χ0) is 11.7. The number of rotatable bonds is 3. The average molecular weight is 231 g/mol. The van der Waals surface area contributed by atoms with E-state index in [0.29, 0.717) is 0 Å². The third kappa shape index (κ3) is 2.67. The number of nitrogens with zero attached hydrogens (tertiary/aromatic N) is 2. The first-order chi connectivity index (χ1) is 8.33. The second kappa shape index (κ2) is 4.75. The largest absolute Gasteiger partial charge is 0.314 e. The Morgan fingerprint density at radius 3 is 3.06 bits per heavy atom. The van der Waals surface area contributed by atoms with Crippen molar-refractivity contribution in [1.29, 1.82) is 0 Å². The summed E-state index contributed by atoms with van der Waals surface area (Å²) in [6.07, 6.45) is 6.79. The summed E-state index contributed by atoms with van der Waals surface area (Å²) < 4.78 is 0. The average Bonchev–Trinajstić information content (AvgIpc) is 3.14. The number of hydrogen-bond donors (Lipinski definition) is 1. The lowest BCUT2D eigenvalue weighted by Crippen LogP contribution is -2.51. The van der Waals surface area contributed by atoms with E-state index < -0.39 is 0 Å². The van der Waals surface area contributed by atoms with Gasteiger partial charge in [0.1, 0.15) is 0 Å². The maximum absolute atomic E-state index is 4.29. The molecule has 1 unspecified atom stereocenters. The summed E-state index contributed by atoms with van der Waals surface area (Å²) in [5.74, 6) is 0.945. The standard InChI is InChI=1S/C14H21N3/c1-11-6-12(8-16-7-11)10-17-5-4-15-9-14(17)13-2-3-13/h6-8,13-15H,2-5,9-10H2,1H3. The van der Waals surface area contributed by atoms with Gasteiger partial charge in [-0.25, -0.2) is 0 Å². The number of nitrogens with one attached hydrogen (secondary N) is 1. The van der Waals surface area contributed by atoms with Crippen LogP contribution >= 0.6 is 0 Å². The minimum absolute atomic E-state index is 0.754. The molecule has 3 heteroatoms. The third-order valence-corrected chi connectivity index (χ3v) is 3.88. The number of hydrogen-bond acceptors (Lipinski definition) is 3. The Balaban J connectivity index is 1.69. The number of pyridine rings is 1. The van der Waals surface area contributed by atoms with Crippen LogP contribution in [0.15, 0.2) is 18.5 Å². The van der Waals surface area contributed by atoms with E-state index in [1.807, 2.05) is 12.4 Å². The SMILES string of the molecule is Cc1cncc(CN2CCNCC2C2CC2)c1. The van der Waals surface area contributed by atoms with Crippen molar-refractivity contribution in [2.75, 3.05) is 19.6 Å². The van der Waals surface area contributed by atoms with Crippen molar-refractivity contribution in [3.63, 3.8) is 0 Å². The lowest BCUT2D eigenvalue weighted by Gasteiger charge is -2.36. The highest BCUT2D eigenvalue weighted by Crippen LogP contribution is 2.36. The van der Waals surface area contributed by atoms with Gasteiger partial charge in [-0.15, -0.1) is 0 Å². The highest BCUT2D eigenvalue weighted by atomic mass is 15.2. The zero-order valence-corrected chi connectivity index (χ0v) is 10.5. The fourth-order valence-electron chi connectivity index (χ4n) is 2.85. The van der Waals surface area contributed by atoms with Crippen LogP contribution in [0.1, 0.15) is 24.0 Å². The van der Waals surface area contributed by atoms with Crippen LogP contribution in [-0.2, 0) is 6.54 Å². The van der Waals surface area contributed by atoms with Gasteiger partial charge in [0.2, 0.25) is 0 Å². The Morgan fingerprint density at radius 2 is 2.29 bits per heavy atom. The molecule has 0 spiro atoms. The second-order valence-corrected chi connectivity index (χ2v) is 5.45. The lowest BCUT2D eigenvalue weighted by molar-refractivity contribution is 0.135. The van der Waals surface area contributed by atoms with E-state index in [-0.39, 0.29) is 0 Å². The molecule has 0 aromatic carbocycles. The first-order valence-corrected chi connectivity index (χ1v) is 6.68. The van der Waals surface area contributed by atoms with Crippen LogP contribution in [0, 0.1) is 12.8 Å². The van der Waals surface area contributed by atoms with Gasteiger partial charge in [0.05, 0.1) is 0 Å². The summed E-state index contributed by atoms with van der Waals surface area (Å²) >= 11 is 0. The molecule has 17 heavy (non-hydrogen) atoms. The second-order valence-electron chi connectivity index (χ2n) is 5.45. The van der Waals surface area contributed by atoms with Crippen LogP contribution in [0.4, 0.5) is 0 Å². The topological polar surface area (TPSA) is 28.2 Å². The third-order valence-electron chi connectivity index (χ3n) is 3.88. The summed E-state index contributed by atoms with van der Waals surface area (Å²) in [6.45, 7) is 6.66. The molecule has 1 aromatic heterocycles. The summed E-state index contributed by atoms with van der Waals surface area (Å²) in [5, 5.41) is 3.53. The summed E-state index contributed by atoms with van der Waals surface area (Å²) in [4.78, 5) is 6.94. The van der Waals surface area contributed by atoms with Crippen LogP contribution in [0.5, 0.6) is 0 Å². The molecule has 1 aliphatic heterocycles. The summed E-state index contributed by atoms with van der Waals surface area (Å²) in [5.41, 5.74) is 2.62. The van der Waals surface area contributed by atoms with Gasteiger partial charge in [0, 0.05) is 44.6 Å². The number of piperazine rings is 1. The van der Waals surface area contributed by atoms with Crippen LogP contribution in [-0.4, -0.2) is 35.6 Å². The fourth-order valence-corrected chi connectivity index (χ4v) is 2.85. The predicted molar refractivity (Wildman–Crippen MR) is 68.8 cm³/mol. The molecule has 0 radical (unpaired) electrons. The smallest absolute Gasteiger partial charge is 0.0313 e. The van der Waals surface area contributed by atoms with E-state index >= 15 is 0 Å². The molecule has 1 N–H and O–H groups in total. The Kier molecular flexibility index (Phi) is 3.12. The van der Waals surface area contributed by atoms with Crippen LogP contribution in [0.3, 0.4) is 0 Å². The van der Waals surface area contributed by atoms with E-state index in [1.54, 1.807) is 0 Å². The first kappa shape index (κ1) is 11.2. The molecule has 0 bridgehead atoms. The van der Waals surface area contributed by atoms with E-state index in [1.165, 1.54) is 37.1 Å². The molecule has 2 aliphatic rings. The molecule has 1 aliphatic carbocycles. The van der Waals surface area contributed by atoms with Crippen molar-refractivity contribution >= 4 is 0 Å². The monoisotopic (exact) mass is 231 g/mol. The molecule has 0 amide bonds. The molecule has 1 saturated heterocycles. The molecule has 3 rings (SSSR count). The summed E-state index contributed by atoms with van der Waals surface area (Å²) in [7, 11) is 0. The van der Waals surface area contributed by atoms with E-state index in [4.69, 9.17) is 0 Å². The van der Waals surface area contributed by atoms with Gasteiger partial charge in [-0.05, 0) is 36.8 Å². The highest BCUT2D eigenvalue weighted by Gasteiger charge is 2.36. The quantitative estimate of drug-likeness (QED) is 0.856. The Bertz CT molecular complexity index is 387. The van der Waals surface area contributed by atoms with Crippen molar-refractivity contribution in [3.05, 3.63) is 29.6 Å². The molecular formula is C14H21N3. The maximum atomic E-state index is 4.29. The van der Waals surface area contributed by atoms with Gasteiger partial charge in [-0.2, -0.15) is 0 Å². The van der Waals surface area contributed by atoms with Gasteiger partial charge in [0.15, 0.2) is 0 Å². The van der Waals surface area contributed by atoms with Gasteiger partial charge >= 0.3 is 0 Å². The van der Waals surface area contributed by atoms with Crippen LogP contribution in [0.25, 0.3) is 0 Å². The van der Waals surface area contributed by atoms with Gasteiger partial charge in [0.25, 0.3) is 0 Å². The minimum atomic E-state index is 0.754. The lowest BCUT2D eigenvalue weighted by atomic mass is 10.1. The van der Waals surface area contributed by atoms with Gasteiger partial charge in [-0.1, -0.05) is 6.07 Å². The van der Waals surface area contributed by atoms with Gasteiger partial charge < -0.3 is 5.32 Å². The van der Waals surface area contributed by atoms with Crippen molar-refractivity contribution < 1.29 is 0 Å². The molecule has 1 saturated carbocycles. The Labute approximate surface area is 103 Å². The zero-order valence-electron chi connectivity index (χ0n) is 10.5. The number of aromatic nitrogens is 1. The molecule has 1 aromatic rings.